The summed E-state index contributed by atoms with van der Waals surface area (Å²) in [5.41, 5.74) is 7.42. The van der Waals surface area contributed by atoms with Gasteiger partial charge in [0.25, 0.3) is 0 Å². The van der Waals surface area contributed by atoms with Crippen LogP contribution in [0.2, 0.25) is 0 Å². The smallest absolute Gasteiger partial charge is 0.00860 e. The molecule has 1 aliphatic carbocycles. The highest BCUT2D eigenvalue weighted by Crippen LogP contribution is 2.39. The largest absolute Gasteiger partial charge is 0.120 e. The van der Waals surface area contributed by atoms with Crippen molar-refractivity contribution in [2.75, 3.05) is 0 Å². The predicted molar refractivity (Wildman–Crippen MR) is 85.7 cm³/mol. The second kappa shape index (κ2) is 5.97. The van der Waals surface area contributed by atoms with Crippen LogP contribution in [0, 0.1) is 12.3 Å². The van der Waals surface area contributed by atoms with Crippen LogP contribution in [0.4, 0.5) is 0 Å². The first-order chi connectivity index (χ1) is 9.90. The molecule has 0 nitrogen and oxygen atoms in total. The average Bonchev–Trinajstić information content (AvgIpc) is 2.86. The molecule has 0 radical (unpaired) electrons. The van der Waals surface area contributed by atoms with Gasteiger partial charge in [0.2, 0.25) is 0 Å². The summed E-state index contributed by atoms with van der Waals surface area (Å²) in [5.74, 6) is 2.72. The highest BCUT2D eigenvalue weighted by Gasteiger charge is 2.19. The molecule has 0 atom stereocenters. The molecular formula is C20H20. The zero-order valence-corrected chi connectivity index (χ0v) is 11.9. The van der Waals surface area contributed by atoms with Crippen LogP contribution in [-0.4, -0.2) is 0 Å². The number of aryl methyl sites for hydroxylation is 1. The number of terminal acetylenes is 1. The Morgan fingerprint density at radius 3 is 2.65 bits per heavy atom. The number of hydrogen-bond donors (Lipinski definition) is 0. The molecule has 2 aromatic rings. The van der Waals surface area contributed by atoms with Gasteiger partial charge in [-0.3, -0.25) is 0 Å². The fourth-order valence-electron chi connectivity index (χ4n) is 3.20. The van der Waals surface area contributed by atoms with E-state index in [0.717, 1.165) is 19.3 Å². The minimum absolute atomic E-state index is 0.912. The highest BCUT2D eigenvalue weighted by molar-refractivity contribution is 5.79. The van der Waals surface area contributed by atoms with E-state index in [9.17, 15) is 0 Å². The van der Waals surface area contributed by atoms with Crippen LogP contribution in [0.1, 0.15) is 42.4 Å². The van der Waals surface area contributed by atoms with Gasteiger partial charge in [0, 0.05) is 6.42 Å². The highest BCUT2D eigenvalue weighted by atomic mass is 14.2. The van der Waals surface area contributed by atoms with E-state index < -0.39 is 0 Å². The molecule has 0 unspecified atom stereocenters. The fourth-order valence-corrected chi connectivity index (χ4v) is 3.20. The van der Waals surface area contributed by atoms with Crippen molar-refractivity contribution in [2.24, 2.45) is 0 Å². The maximum Gasteiger partial charge on any atom is 0.00860 e. The first kappa shape index (κ1) is 13.0. The van der Waals surface area contributed by atoms with E-state index >= 15 is 0 Å². The van der Waals surface area contributed by atoms with Crippen LogP contribution in [0.15, 0.2) is 42.5 Å². The van der Waals surface area contributed by atoms with Crippen molar-refractivity contribution >= 4 is 0 Å². The Kier molecular flexibility index (Phi) is 3.88. The second-order valence-corrected chi connectivity index (χ2v) is 5.55. The first-order valence-corrected chi connectivity index (χ1v) is 7.52. The van der Waals surface area contributed by atoms with Crippen molar-refractivity contribution in [3.05, 3.63) is 59.2 Å². The van der Waals surface area contributed by atoms with E-state index in [1.165, 1.54) is 47.1 Å². The summed E-state index contributed by atoms with van der Waals surface area (Å²) in [5, 5.41) is 0. The molecule has 0 aromatic heterocycles. The topological polar surface area (TPSA) is 0 Å². The van der Waals surface area contributed by atoms with Crippen molar-refractivity contribution in [3.63, 3.8) is 0 Å². The molecule has 0 saturated carbocycles. The van der Waals surface area contributed by atoms with E-state index in [1.807, 2.05) is 0 Å². The van der Waals surface area contributed by atoms with Crippen molar-refractivity contribution in [1.82, 2.24) is 0 Å². The van der Waals surface area contributed by atoms with E-state index in [2.05, 4.69) is 48.4 Å². The van der Waals surface area contributed by atoms with Crippen molar-refractivity contribution in [3.8, 4) is 23.5 Å². The third kappa shape index (κ3) is 2.49. The van der Waals surface area contributed by atoms with E-state index in [-0.39, 0.29) is 0 Å². The first-order valence-electron chi connectivity index (χ1n) is 7.52. The molecule has 0 spiro atoms. The van der Waals surface area contributed by atoms with Crippen LogP contribution < -0.4 is 0 Å². The number of hydrogen-bond acceptors (Lipinski definition) is 0. The van der Waals surface area contributed by atoms with Gasteiger partial charge in [-0.1, -0.05) is 48.9 Å². The fraction of sp³-hybridized carbons (Fsp3) is 0.300. The van der Waals surface area contributed by atoms with Gasteiger partial charge in [-0.15, -0.1) is 12.3 Å². The Hall–Kier alpha value is -2.00. The van der Waals surface area contributed by atoms with Gasteiger partial charge in [0.1, 0.15) is 0 Å². The number of benzene rings is 2. The summed E-state index contributed by atoms with van der Waals surface area (Å²) in [7, 11) is 0. The standard InChI is InChI=1S/C20H20/c1-2-3-4-5-6-10-16-12-9-13-18-15-17-11-7-8-14-19(17)20(16)18/h1,7-9,11-14H,3-6,10,15H2. The SMILES string of the molecule is C#CCCCCCc1cccc2c1-c1ccccc1C2. The van der Waals surface area contributed by atoms with Gasteiger partial charge in [-0.2, -0.15) is 0 Å². The lowest BCUT2D eigenvalue weighted by atomic mass is 9.95. The molecule has 0 heterocycles. The van der Waals surface area contributed by atoms with Crippen LogP contribution >= 0.6 is 0 Å². The lowest BCUT2D eigenvalue weighted by molar-refractivity contribution is 0.693. The Labute approximate surface area is 121 Å². The molecule has 0 heteroatoms. The lowest BCUT2D eigenvalue weighted by Crippen LogP contribution is -1.91. The summed E-state index contributed by atoms with van der Waals surface area (Å²) >= 11 is 0. The Morgan fingerprint density at radius 2 is 1.75 bits per heavy atom. The number of unbranched alkanes of at least 4 members (excludes halogenated alkanes) is 3. The van der Waals surface area contributed by atoms with Gasteiger partial charge in [-0.25, -0.2) is 0 Å². The molecule has 100 valence electrons. The van der Waals surface area contributed by atoms with Crippen molar-refractivity contribution in [1.29, 1.82) is 0 Å². The Morgan fingerprint density at radius 1 is 0.900 bits per heavy atom. The quantitative estimate of drug-likeness (QED) is 0.447. The third-order valence-corrected chi connectivity index (χ3v) is 4.17. The zero-order chi connectivity index (χ0) is 13.8. The summed E-state index contributed by atoms with van der Waals surface area (Å²) < 4.78 is 0. The van der Waals surface area contributed by atoms with Crippen molar-refractivity contribution < 1.29 is 0 Å². The van der Waals surface area contributed by atoms with Gasteiger partial charge in [0.15, 0.2) is 0 Å². The molecule has 0 N–H and O–H groups in total. The average molecular weight is 260 g/mol. The van der Waals surface area contributed by atoms with Crippen LogP contribution in [0.5, 0.6) is 0 Å². The van der Waals surface area contributed by atoms with Gasteiger partial charge in [0.05, 0.1) is 0 Å². The van der Waals surface area contributed by atoms with E-state index in [4.69, 9.17) is 6.42 Å². The predicted octanol–water partition coefficient (Wildman–Crippen LogP) is 4.99. The second-order valence-electron chi connectivity index (χ2n) is 5.55. The molecule has 0 fully saturated rings. The summed E-state index contributed by atoms with van der Waals surface area (Å²) in [4.78, 5) is 0. The van der Waals surface area contributed by atoms with E-state index in [0.29, 0.717) is 0 Å². The zero-order valence-electron chi connectivity index (χ0n) is 11.9. The molecule has 20 heavy (non-hydrogen) atoms. The van der Waals surface area contributed by atoms with Gasteiger partial charge >= 0.3 is 0 Å². The van der Waals surface area contributed by atoms with Gasteiger partial charge in [-0.05, 0) is 53.5 Å². The van der Waals surface area contributed by atoms with Crippen LogP contribution in [0.3, 0.4) is 0 Å². The van der Waals surface area contributed by atoms with E-state index in [1.54, 1.807) is 0 Å². The number of fused-ring (bicyclic) bond motifs is 3. The Balaban J connectivity index is 1.78. The Bertz CT molecular complexity index is 643. The lowest BCUT2D eigenvalue weighted by Gasteiger charge is -2.09. The molecule has 0 aliphatic heterocycles. The maximum atomic E-state index is 5.30. The molecule has 0 amide bonds. The molecule has 3 rings (SSSR count). The monoisotopic (exact) mass is 260 g/mol. The molecular weight excluding hydrogens is 240 g/mol. The summed E-state index contributed by atoms with van der Waals surface area (Å²) in [6.07, 6.45) is 12.1. The third-order valence-electron chi connectivity index (χ3n) is 4.17. The minimum Gasteiger partial charge on any atom is -0.120 e. The summed E-state index contributed by atoms with van der Waals surface area (Å²) in [6.45, 7) is 0. The molecule has 0 saturated heterocycles. The summed E-state index contributed by atoms with van der Waals surface area (Å²) in [6, 6.07) is 15.6. The minimum atomic E-state index is 0.912. The molecule has 1 aliphatic rings. The van der Waals surface area contributed by atoms with Crippen LogP contribution in [0.25, 0.3) is 11.1 Å². The number of rotatable bonds is 5. The maximum absolute atomic E-state index is 5.30. The van der Waals surface area contributed by atoms with Crippen molar-refractivity contribution in [2.45, 2.75) is 38.5 Å². The van der Waals surface area contributed by atoms with Crippen LogP contribution in [-0.2, 0) is 12.8 Å². The normalized spacial score (nSPS) is 11.8. The molecule has 2 aromatic carbocycles. The van der Waals surface area contributed by atoms with Gasteiger partial charge < -0.3 is 0 Å². The molecule has 0 bridgehead atoms.